The van der Waals surface area contributed by atoms with Gasteiger partial charge in [0.1, 0.15) is 11.2 Å². The lowest BCUT2D eigenvalue weighted by molar-refractivity contribution is 0.669. The van der Waals surface area contributed by atoms with Crippen molar-refractivity contribution in [2.45, 2.75) is 0 Å². The van der Waals surface area contributed by atoms with Crippen LogP contribution in [0.5, 0.6) is 0 Å². The molecule has 0 atom stereocenters. The third-order valence-electron chi connectivity index (χ3n) is 14.4. The normalized spacial score (nSPS) is 12.0. The molecule has 0 bridgehead atoms. The van der Waals surface area contributed by atoms with E-state index in [0.29, 0.717) is 11.4 Å². The minimum atomic E-state index is 0.246. The van der Waals surface area contributed by atoms with Crippen molar-refractivity contribution >= 4 is 115 Å². The van der Waals surface area contributed by atoms with Crippen molar-refractivity contribution in [2.75, 3.05) is 0 Å². The van der Waals surface area contributed by atoms with Crippen LogP contribution in [0.3, 0.4) is 0 Å². The second kappa shape index (κ2) is 13.9. The van der Waals surface area contributed by atoms with Gasteiger partial charge >= 0.3 is 0 Å². The molecule has 10 aromatic carbocycles. The van der Waals surface area contributed by atoms with Crippen LogP contribution in [0, 0.1) is 17.9 Å². The molecule has 69 heavy (non-hydrogen) atoms. The van der Waals surface area contributed by atoms with Crippen LogP contribution in [-0.4, -0.2) is 18.3 Å². The number of para-hydroxylation sites is 8. The number of furan rings is 1. The topological polar surface area (TPSA) is 61.0 Å². The Balaban J connectivity index is 1.28. The summed E-state index contributed by atoms with van der Waals surface area (Å²) in [7, 11) is 0. The highest BCUT2D eigenvalue weighted by molar-refractivity contribution is 6.20. The maximum Gasteiger partial charge on any atom is 0.232 e. The highest BCUT2D eigenvalue weighted by Crippen LogP contribution is 2.52. The largest absolute Gasteiger partial charge is 0.456 e. The third kappa shape index (κ3) is 4.87. The first-order chi connectivity index (χ1) is 34.2. The number of aromatic nitrogens is 4. The minimum Gasteiger partial charge on any atom is -0.456 e. The van der Waals surface area contributed by atoms with Gasteiger partial charge < -0.3 is 22.7 Å². The summed E-state index contributed by atoms with van der Waals surface area (Å²) in [5, 5.41) is 22.6. The van der Waals surface area contributed by atoms with Crippen LogP contribution in [-0.2, 0) is 0 Å². The fourth-order valence-corrected chi connectivity index (χ4v) is 11.7. The molecule has 0 aliphatic rings. The SMILES string of the molecule is [C-]#[N+]c1c(C#N)c(-n2c3ccccc3c3cc4c(cc32)oc2ccccc24)c(-n2c3ccccc3c3ccccc32)c(-n2c3ccccc3c3ccccc32)c1-n1c2ccccc2c2ccccc21. The van der Waals surface area contributed by atoms with Crippen molar-refractivity contribution in [2.24, 2.45) is 0 Å². The van der Waals surface area contributed by atoms with Crippen molar-refractivity contribution in [3.05, 3.63) is 223 Å². The molecule has 0 N–H and O–H groups in total. The van der Waals surface area contributed by atoms with Gasteiger partial charge in [-0.3, -0.25) is 0 Å². The number of fused-ring (bicyclic) bond motifs is 15. The maximum atomic E-state index is 12.2. The van der Waals surface area contributed by atoms with Crippen molar-refractivity contribution in [1.29, 1.82) is 5.26 Å². The first-order valence-corrected chi connectivity index (χ1v) is 23.0. The zero-order valence-corrected chi connectivity index (χ0v) is 36.7. The van der Waals surface area contributed by atoms with E-state index in [0.717, 1.165) is 121 Å². The van der Waals surface area contributed by atoms with Gasteiger partial charge in [0.15, 0.2) is 0 Å². The summed E-state index contributed by atoms with van der Waals surface area (Å²) in [6.45, 7) is 9.44. The first-order valence-electron chi connectivity index (χ1n) is 23.0. The molecular formula is C62H34N6O. The lowest BCUT2D eigenvalue weighted by atomic mass is 10.0. The van der Waals surface area contributed by atoms with Crippen molar-refractivity contribution in [3.8, 4) is 28.8 Å². The van der Waals surface area contributed by atoms with Gasteiger partial charge in [-0.15, -0.1) is 0 Å². The van der Waals surface area contributed by atoms with E-state index in [9.17, 15) is 11.8 Å². The number of benzene rings is 10. The van der Waals surface area contributed by atoms with Crippen LogP contribution in [0.4, 0.5) is 5.69 Å². The Morgan fingerprint density at radius 2 is 0.667 bits per heavy atom. The van der Waals surface area contributed by atoms with Crippen molar-refractivity contribution in [3.63, 3.8) is 0 Å². The quantitative estimate of drug-likeness (QED) is 0.165. The molecule has 0 aliphatic heterocycles. The Kier molecular flexibility index (Phi) is 7.51. The molecule has 0 saturated carbocycles. The standard InChI is InChI=1S/C62H34N6O/c1-64-58-47(36-63)59(68-54-32-16-8-24-43(54)45-34-46-44-25-9-17-33-56(44)69-57(46)35-55(45)68)61(66-50-28-12-4-20-39(50)40-21-5-13-29-51(40)66)62(67-52-30-14-6-22-41(52)42-23-7-15-31-53(42)67)60(58)65-48-26-10-2-18-37(48)38-19-3-11-27-49(38)65/h2-35H. The summed E-state index contributed by atoms with van der Waals surface area (Å²) >= 11 is 0. The Labute approximate surface area is 393 Å². The van der Waals surface area contributed by atoms with E-state index in [2.05, 4.69) is 217 Å². The van der Waals surface area contributed by atoms with Crippen LogP contribution in [0.25, 0.3) is 137 Å². The summed E-state index contributed by atoms with van der Waals surface area (Å²) in [6.07, 6.45) is 0. The molecule has 318 valence electrons. The molecule has 0 amide bonds. The summed E-state index contributed by atoms with van der Waals surface area (Å²) in [5.41, 5.74) is 12.3. The highest BCUT2D eigenvalue weighted by atomic mass is 16.3. The Morgan fingerprint density at radius 3 is 1.07 bits per heavy atom. The van der Waals surface area contributed by atoms with E-state index in [-0.39, 0.29) is 11.3 Å². The molecular weight excluding hydrogens is 845 g/mol. The van der Waals surface area contributed by atoms with Crippen LogP contribution >= 0.6 is 0 Å². The number of nitrogens with zero attached hydrogens (tertiary/aromatic N) is 6. The predicted molar refractivity (Wildman–Crippen MR) is 282 cm³/mol. The van der Waals surface area contributed by atoms with E-state index < -0.39 is 0 Å². The predicted octanol–water partition coefficient (Wildman–Crippen LogP) is 16.4. The molecule has 7 heteroatoms. The smallest absolute Gasteiger partial charge is 0.232 e. The van der Waals surface area contributed by atoms with Gasteiger partial charge in [0, 0.05) is 59.9 Å². The van der Waals surface area contributed by atoms with Crippen LogP contribution in [0.1, 0.15) is 5.56 Å². The molecule has 15 rings (SSSR count). The zero-order chi connectivity index (χ0) is 45.5. The fraction of sp³-hybridized carbons (Fsp3) is 0. The molecule has 0 spiro atoms. The van der Waals surface area contributed by atoms with Gasteiger partial charge in [0.05, 0.1) is 85.1 Å². The number of nitriles is 1. The summed E-state index contributed by atoms with van der Waals surface area (Å²) in [5.74, 6) is 0. The second-order valence-electron chi connectivity index (χ2n) is 17.8. The molecule has 7 nitrogen and oxygen atoms in total. The molecule has 0 aliphatic carbocycles. The van der Waals surface area contributed by atoms with E-state index in [4.69, 9.17) is 4.42 Å². The highest BCUT2D eigenvalue weighted by Gasteiger charge is 2.34. The van der Waals surface area contributed by atoms with Gasteiger partial charge in [0.25, 0.3) is 0 Å². The van der Waals surface area contributed by atoms with E-state index in [1.165, 1.54) is 0 Å². The van der Waals surface area contributed by atoms with Crippen LogP contribution in [0.15, 0.2) is 211 Å². The van der Waals surface area contributed by atoms with Gasteiger partial charge in [-0.2, -0.15) is 5.26 Å². The number of hydrogen-bond acceptors (Lipinski definition) is 2. The Hall–Kier alpha value is -9.82. The molecule has 0 saturated heterocycles. The summed E-state index contributed by atoms with van der Waals surface area (Å²) in [6, 6.07) is 74.6. The maximum absolute atomic E-state index is 12.2. The molecule has 0 fully saturated rings. The van der Waals surface area contributed by atoms with Crippen LogP contribution < -0.4 is 0 Å². The molecule has 5 heterocycles. The van der Waals surface area contributed by atoms with E-state index >= 15 is 0 Å². The lowest BCUT2D eigenvalue weighted by Gasteiger charge is -2.28. The van der Waals surface area contributed by atoms with Crippen molar-refractivity contribution < 1.29 is 4.42 Å². The Morgan fingerprint density at radius 1 is 0.333 bits per heavy atom. The van der Waals surface area contributed by atoms with Crippen molar-refractivity contribution in [1.82, 2.24) is 18.3 Å². The summed E-state index contributed by atoms with van der Waals surface area (Å²) in [4.78, 5) is 4.55. The average molecular weight is 879 g/mol. The van der Waals surface area contributed by atoms with Gasteiger partial charge in [-0.25, -0.2) is 4.85 Å². The molecule has 0 radical (unpaired) electrons. The third-order valence-corrected chi connectivity index (χ3v) is 14.4. The Bertz CT molecular complexity index is 4660. The van der Waals surface area contributed by atoms with Gasteiger partial charge in [-0.05, 0) is 54.6 Å². The molecule has 5 aromatic heterocycles. The number of rotatable bonds is 4. The monoisotopic (exact) mass is 878 g/mol. The molecule has 15 aromatic rings. The summed E-state index contributed by atoms with van der Waals surface area (Å²) < 4.78 is 15.8. The lowest BCUT2D eigenvalue weighted by Crippen LogP contribution is -2.15. The zero-order valence-electron chi connectivity index (χ0n) is 36.7. The van der Waals surface area contributed by atoms with E-state index in [1.54, 1.807) is 0 Å². The fourth-order valence-electron chi connectivity index (χ4n) is 11.7. The first kappa shape index (κ1) is 37.4. The van der Waals surface area contributed by atoms with Crippen LogP contribution in [0.2, 0.25) is 0 Å². The van der Waals surface area contributed by atoms with Gasteiger partial charge in [-0.1, -0.05) is 146 Å². The van der Waals surface area contributed by atoms with E-state index in [1.807, 2.05) is 18.2 Å². The minimum absolute atomic E-state index is 0.246. The average Bonchev–Trinajstić information content (AvgIpc) is 4.20. The molecule has 0 unspecified atom stereocenters. The number of hydrogen-bond donors (Lipinski definition) is 0. The van der Waals surface area contributed by atoms with Gasteiger partial charge in [0.2, 0.25) is 5.69 Å². The second-order valence-corrected chi connectivity index (χ2v) is 17.8.